The van der Waals surface area contributed by atoms with Crippen molar-refractivity contribution >= 4 is 5.97 Å². The van der Waals surface area contributed by atoms with E-state index < -0.39 is 5.97 Å². The summed E-state index contributed by atoms with van der Waals surface area (Å²) >= 11 is 0. The van der Waals surface area contributed by atoms with Crippen molar-refractivity contribution in [1.29, 1.82) is 0 Å². The normalized spacial score (nSPS) is 12.1. The van der Waals surface area contributed by atoms with Gasteiger partial charge in [-0.2, -0.15) is 0 Å². The van der Waals surface area contributed by atoms with Crippen LogP contribution in [0.15, 0.2) is 11.6 Å². The number of likely N-dealkylation sites (N-methyl/N-ethyl adjacent to an activating group) is 1. The van der Waals surface area contributed by atoms with Gasteiger partial charge in [-0.25, -0.2) is 4.79 Å². The summed E-state index contributed by atoms with van der Waals surface area (Å²) in [5, 5.41) is 11.6. The monoisotopic (exact) mass is 200 g/mol. The molecule has 0 radical (unpaired) electrons. The molecule has 4 heteroatoms. The third kappa shape index (κ3) is 7.76. The molecule has 0 aliphatic heterocycles. The van der Waals surface area contributed by atoms with Crippen molar-refractivity contribution in [2.45, 2.75) is 13.3 Å². The van der Waals surface area contributed by atoms with Gasteiger partial charge in [0.2, 0.25) is 0 Å². The van der Waals surface area contributed by atoms with Gasteiger partial charge < -0.3 is 15.3 Å². The highest BCUT2D eigenvalue weighted by Gasteiger charge is 2.00. The van der Waals surface area contributed by atoms with Crippen LogP contribution in [0.5, 0.6) is 0 Å². The van der Waals surface area contributed by atoms with Gasteiger partial charge in [-0.15, -0.1) is 0 Å². The molecule has 0 fully saturated rings. The number of nitrogens with one attached hydrogen (secondary N) is 1. The van der Waals surface area contributed by atoms with E-state index in [9.17, 15) is 4.79 Å². The first-order valence-corrected chi connectivity index (χ1v) is 4.79. The van der Waals surface area contributed by atoms with E-state index in [2.05, 4.69) is 10.2 Å². The zero-order valence-corrected chi connectivity index (χ0v) is 9.21. The first kappa shape index (κ1) is 13.1. The van der Waals surface area contributed by atoms with Gasteiger partial charge in [-0.1, -0.05) is 5.57 Å². The van der Waals surface area contributed by atoms with Crippen LogP contribution in [0.3, 0.4) is 0 Å². The summed E-state index contributed by atoms with van der Waals surface area (Å²) < 4.78 is 0. The Balaban J connectivity index is 3.70. The zero-order chi connectivity index (χ0) is 11.0. The number of hydrogen-bond acceptors (Lipinski definition) is 3. The van der Waals surface area contributed by atoms with Gasteiger partial charge in [0.1, 0.15) is 0 Å². The van der Waals surface area contributed by atoms with Crippen LogP contribution in [-0.4, -0.2) is 49.7 Å². The van der Waals surface area contributed by atoms with Crippen LogP contribution in [0.4, 0.5) is 0 Å². The van der Waals surface area contributed by atoms with E-state index in [1.165, 1.54) is 6.08 Å². The Kier molecular flexibility index (Phi) is 7.06. The van der Waals surface area contributed by atoms with E-state index >= 15 is 0 Å². The van der Waals surface area contributed by atoms with Crippen LogP contribution in [0.25, 0.3) is 0 Å². The molecule has 0 aromatic heterocycles. The molecular formula is C10H20N2O2. The quantitative estimate of drug-likeness (QED) is 0.466. The molecule has 14 heavy (non-hydrogen) atoms. The SMILES string of the molecule is CNCCCN(C)CC(C)=CC(=O)O. The third-order valence-electron chi connectivity index (χ3n) is 1.86. The van der Waals surface area contributed by atoms with E-state index in [1.807, 2.05) is 21.0 Å². The van der Waals surface area contributed by atoms with Gasteiger partial charge >= 0.3 is 5.97 Å². The molecule has 0 unspecified atom stereocenters. The number of carbonyl (C=O) groups is 1. The van der Waals surface area contributed by atoms with Gasteiger partial charge in [0.05, 0.1) is 0 Å². The van der Waals surface area contributed by atoms with Crippen molar-refractivity contribution in [3.05, 3.63) is 11.6 Å². The average molecular weight is 200 g/mol. The fraction of sp³-hybridized carbons (Fsp3) is 0.700. The van der Waals surface area contributed by atoms with E-state index in [1.54, 1.807) is 0 Å². The van der Waals surface area contributed by atoms with Crippen LogP contribution >= 0.6 is 0 Å². The van der Waals surface area contributed by atoms with Gasteiger partial charge in [-0.3, -0.25) is 0 Å². The topological polar surface area (TPSA) is 52.6 Å². The smallest absolute Gasteiger partial charge is 0.328 e. The van der Waals surface area contributed by atoms with Crippen LogP contribution in [0.2, 0.25) is 0 Å². The molecule has 0 rings (SSSR count). The van der Waals surface area contributed by atoms with E-state index in [0.717, 1.165) is 31.6 Å². The maximum atomic E-state index is 10.3. The number of aliphatic carboxylic acids is 1. The van der Waals surface area contributed by atoms with Gasteiger partial charge in [0.15, 0.2) is 0 Å². The lowest BCUT2D eigenvalue weighted by Crippen LogP contribution is -2.24. The molecule has 0 amide bonds. The van der Waals surface area contributed by atoms with Crippen molar-refractivity contribution in [2.75, 3.05) is 33.7 Å². The number of hydrogen-bond donors (Lipinski definition) is 2. The standard InChI is InChI=1S/C10H20N2O2/c1-9(7-10(13)14)8-12(3)6-4-5-11-2/h7,11H,4-6,8H2,1-3H3,(H,13,14). The van der Waals surface area contributed by atoms with Crippen molar-refractivity contribution in [1.82, 2.24) is 10.2 Å². The van der Waals surface area contributed by atoms with Crippen LogP contribution in [0, 0.1) is 0 Å². The molecule has 0 aromatic rings. The lowest BCUT2D eigenvalue weighted by molar-refractivity contribution is -0.131. The fourth-order valence-corrected chi connectivity index (χ4v) is 1.29. The lowest BCUT2D eigenvalue weighted by Gasteiger charge is -2.16. The van der Waals surface area contributed by atoms with Crippen LogP contribution in [0.1, 0.15) is 13.3 Å². The third-order valence-corrected chi connectivity index (χ3v) is 1.86. The highest BCUT2D eigenvalue weighted by atomic mass is 16.4. The Morgan fingerprint density at radius 3 is 2.71 bits per heavy atom. The highest BCUT2D eigenvalue weighted by Crippen LogP contribution is 1.96. The number of carboxylic acids is 1. The summed E-state index contributed by atoms with van der Waals surface area (Å²) in [4.78, 5) is 12.5. The summed E-state index contributed by atoms with van der Waals surface area (Å²) in [6.45, 7) is 4.52. The van der Waals surface area contributed by atoms with Gasteiger partial charge in [-0.05, 0) is 40.5 Å². The maximum absolute atomic E-state index is 10.3. The van der Waals surface area contributed by atoms with Crippen molar-refractivity contribution in [2.24, 2.45) is 0 Å². The molecule has 0 saturated heterocycles. The van der Waals surface area contributed by atoms with E-state index in [4.69, 9.17) is 5.11 Å². The van der Waals surface area contributed by atoms with E-state index in [-0.39, 0.29) is 0 Å². The maximum Gasteiger partial charge on any atom is 0.328 e. The summed E-state index contributed by atoms with van der Waals surface area (Å²) in [6.07, 6.45) is 2.34. The Morgan fingerprint density at radius 2 is 2.21 bits per heavy atom. The summed E-state index contributed by atoms with van der Waals surface area (Å²) in [5.41, 5.74) is 0.879. The molecule has 0 heterocycles. The second kappa shape index (κ2) is 7.53. The predicted molar refractivity (Wildman–Crippen MR) is 57.4 cm³/mol. The Morgan fingerprint density at radius 1 is 1.57 bits per heavy atom. The Hall–Kier alpha value is -0.870. The van der Waals surface area contributed by atoms with Crippen molar-refractivity contribution in [3.63, 3.8) is 0 Å². The van der Waals surface area contributed by atoms with E-state index in [0.29, 0.717) is 0 Å². The first-order valence-electron chi connectivity index (χ1n) is 4.79. The number of carboxylic acid groups (broad SMARTS) is 1. The summed E-state index contributed by atoms with van der Waals surface area (Å²) in [6, 6.07) is 0. The molecule has 2 N–H and O–H groups in total. The molecule has 0 spiro atoms. The molecule has 0 saturated carbocycles. The molecule has 4 nitrogen and oxygen atoms in total. The Bertz CT molecular complexity index is 202. The highest BCUT2D eigenvalue weighted by molar-refractivity contribution is 5.80. The average Bonchev–Trinajstić information content (AvgIpc) is 2.02. The Labute approximate surface area is 85.6 Å². The van der Waals surface area contributed by atoms with Gasteiger partial charge in [0.25, 0.3) is 0 Å². The second-order valence-electron chi connectivity index (χ2n) is 3.52. The molecule has 0 aliphatic carbocycles. The molecule has 0 aromatic carbocycles. The summed E-state index contributed by atoms with van der Waals surface area (Å²) in [5.74, 6) is -0.869. The molecule has 82 valence electrons. The summed E-state index contributed by atoms with van der Waals surface area (Å²) in [7, 11) is 3.92. The minimum Gasteiger partial charge on any atom is -0.478 e. The number of nitrogens with zero attached hydrogens (tertiary/aromatic N) is 1. The van der Waals surface area contributed by atoms with Crippen LogP contribution in [-0.2, 0) is 4.79 Å². The molecule has 0 aliphatic rings. The molecular weight excluding hydrogens is 180 g/mol. The fourth-order valence-electron chi connectivity index (χ4n) is 1.29. The first-order chi connectivity index (χ1) is 6.56. The number of rotatable bonds is 7. The van der Waals surface area contributed by atoms with Gasteiger partial charge in [0, 0.05) is 12.6 Å². The predicted octanol–water partition coefficient (Wildman–Crippen LogP) is 0.559. The second-order valence-corrected chi connectivity index (χ2v) is 3.52. The molecule has 0 atom stereocenters. The molecule has 0 bridgehead atoms. The van der Waals surface area contributed by atoms with Crippen molar-refractivity contribution < 1.29 is 9.90 Å². The zero-order valence-electron chi connectivity index (χ0n) is 9.21. The van der Waals surface area contributed by atoms with Crippen molar-refractivity contribution in [3.8, 4) is 0 Å². The lowest BCUT2D eigenvalue weighted by atomic mass is 10.2. The van der Waals surface area contributed by atoms with Crippen LogP contribution < -0.4 is 5.32 Å². The minimum absolute atomic E-state index is 0.718. The minimum atomic E-state index is -0.869. The largest absolute Gasteiger partial charge is 0.478 e.